The summed E-state index contributed by atoms with van der Waals surface area (Å²) in [5.74, 6) is 0. The van der Waals surface area contributed by atoms with Gasteiger partial charge in [-0.05, 0) is 53.0 Å². The molecule has 1 atom stereocenters. The molecule has 0 bridgehead atoms. The van der Waals surface area contributed by atoms with Crippen molar-refractivity contribution in [3.05, 3.63) is 55.7 Å². The van der Waals surface area contributed by atoms with Crippen molar-refractivity contribution < 1.29 is 0 Å². The fourth-order valence-corrected chi connectivity index (χ4v) is 3.27. The van der Waals surface area contributed by atoms with Gasteiger partial charge in [0.25, 0.3) is 0 Å². The van der Waals surface area contributed by atoms with Crippen molar-refractivity contribution in [3.8, 4) is 0 Å². The van der Waals surface area contributed by atoms with Gasteiger partial charge in [-0.15, -0.1) is 11.3 Å². The normalized spacial score (nSPS) is 12.8. The molecule has 84 valence electrons. The summed E-state index contributed by atoms with van der Waals surface area (Å²) >= 11 is 5.16. The summed E-state index contributed by atoms with van der Waals surface area (Å²) in [6.45, 7) is 4.22. The van der Waals surface area contributed by atoms with E-state index in [4.69, 9.17) is 5.73 Å². The van der Waals surface area contributed by atoms with Crippen molar-refractivity contribution in [1.82, 2.24) is 0 Å². The Balaban J connectivity index is 2.37. The zero-order valence-corrected chi connectivity index (χ0v) is 11.7. The van der Waals surface area contributed by atoms with Gasteiger partial charge in [-0.3, -0.25) is 0 Å². The molecule has 2 N–H and O–H groups in total. The van der Waals surface area contributed by atoms with Gasteiger partial charge in [0.15, 0.2) is 0 Å². The third-order valence-electron chi connectivity index (χ3n) is 2.66. The number of benzene rings is 1. The van der Waals surface area contributed by atoms with Crippen LogP contribution < -0.4 is 5.73 Å². The van der Waals surface area contributed by atoms with Crippen molar-refractivity contribution in [2.24, 2.45) is 5.73 Å². The molecule has 1 heterocycles. The molecule has 0 amide bonds. The lowest BCUT2D eigenvalue weighted by Gasteiger charge is -2.13. The van der Waals surface area contributed by atoms with Crippen molar-refractivity contribution in [2.75, 3.05) is 0 Å². The van der Waals surface area contributed by atoms with Crippen LogP contribution in [0.1, 0.15) is 27.6 Å². The standard InChI is InChI=1S/C13H14BrNS/c1-8-3-4-10(9(2)7-8)13(15)11-5-6-12(14)16-11/h3-7,13H,15H2,1-2H3. The lowest BCUT2D eigenvalue weighted by atomic mass is 9.99. The van der Waals surface area contributed by atoms with Crippen LogP contribution in [-0.4, -0.2) is 0 Å². The van der Waals surface area contributed by atoms with Gasteiger partial charge in [0.2, 0.25) is 0 Å². The molecular weight excluding hydrogens is 282 g/mol. The van der Waals surface area contributed by atoms with Crippen LogP contribution in [0.25, 0.3) is 0 Å². The number of rotatable bonds is 2. The molecule has 1 nitrogen and oxygen atoms in total. The van der Waals surface area contributed by atoms with Gasteiger partial charge in [-0.1, -0.05) is 23.8 Å². The van der Waals surface area contributed by atoms with Crippen LogP contribution in [0.5, 0.6) is 0 Å². The molecule has 0 saturated carbocycles. The maximum absolute atomic E-state index is 6.27. The van der Waals surface area contributed by atoms with Crippen molar-refractivity contribution in [3.63, 3.8) is 0 Å². The lowest BCUT2D eigenvalue weighted by molar-refractivity contribution is 0.881. The van der Waals surface area contributed by atoms with E-state index < -0.39 is 0 Å². The first-order valence-corrected chi connectivity index (χ1v) is 6.77. The van der Waals surface area contributed by atoms with Crippen LogP contribution in [-0.2, 0) is 0 Å². The first-order valence-electron chi connectivity index (χ1n) is 5.16. The molecule has 0 aliphatic carbocycles. The monoisotopic (exact) mass is 295 g/mol. The first-order chi connectivity index (χ1) is 7.58. The third-order valence-corrected chi connectivity index (χ3v) is 4.37. The van der Waals surface area contributed by atoms with E-state index in [1.807, 2.05) is 6.07 Å². The number of nitrogens with two attached hydrogens (primary N) is 1. The minimum Gasteiger partial charge on any atom is -0.320 e. The fourth-order valence-electron chi connectivity index (χ4n) is 1.82. The predicted octanol–water partition coefficient (Wildman–Crippen LogP) is 4.18. The highest BCUT2D eigenvalue weighted by Gasteiger charge is 2.13. The highest BCUT2D eigenvalue weighted by atomic mass is 79.9. The van der Waals surface area contributed by atoms with E-state index in [0.717, 1.165) is 3.79 Å². The van der Waals surface area contributed by atoms with Gasteiger partial charge in [-0.2, -0.15) is 0 Å². The summed E-state index contributed by atoms with van der Waals surface area (Å²) in [5, 5.41) is 0. The highest BCUT2D eigenvalue weighted by Crippen LogP contribution is 2.31. The van der Waals surface area contributed by atoms with Crippen LogP contribution in [0.4, 0.5) is 0 Å². The van der Waals surface area contributed by atoms with E-state index in [1.54, 1.807) is 11.3 Å². The Bertz CT molecular complexity index is 504. The Labute approximate surface area is 108 Å². The largest absolute Gasteiger partial charge is 0.320 e. The molecule has 1 unspecified atom stereocenters. The number of aryl methyl sites for hydroxylation is 2. The highest BCUT2D eigenvalue weighted by molar-refractivity contribution is 9.11. The molecule has 2 rings (SSSR count). The number of halogens is 1. The minimum absolute atomic E-state index is 0.0168. The van der Waals surface area contributed by atoms with Gasteiger partial charge in [0.1, 0.15) is 0 Å². The van der Waals surface area contributed by atoms with E-state index in [2.05, 4.69) is 54.0 Å². The maximum atomic E-state index is 6.27. The Morgan fingerprint density at radius 2 is 1.94 bits per heavy atom. The molecule has 1 aromatic heterocycles. The van der Waals surface area contributed by atoms with E-state index in [9.17, 15) is 0 Å². The lowest BCUT2D eigenvalue weighted by Crippen LogP contribution is -2.11. The molecule has 1 aromatic carbocycles. The maximum Gasteiger partial charge on any atom is 0.0702 e. The average Bonchev–Trinajstić information content (AvgIpc) is 2.64. The summed E-state index contributed by atoms with van der Waals surface area (Å²) in [4.78, 5) is 1.19. The van der Waals surface area contributed by atoms with Gasteiger partial charge >= 0.3 is 0 Å². The molecule has 0 fully saturated rings. The van der Waals surface area contributed by atoms with Crippen LogP contribution in [0.2, 0.25) is 0 Å². The second-order valence-electron chi connectivity index (χ2n) is 3.98. The van der Waals surface area contributed by atoms with Crippen LogP contribution in [0.3, 0.4) is 0 Å². The quantitative estimate of drug-likeness (QED) is 0.884. The molecule has 3 heteroatoms. The van der Waals surface area contributed by atoms with Crippen LogP contribution in [0.15, 0.2) is 34.1 Å². The van der Waals surface area contributed by atoms with Gasteiger partial charge in [0.05, 0.1) is 9.83 Å². The zero-order chi connectivity index (χ0) is 11.7. The van der Waals surface area contributed by atoms with Gasteiger partial charge in [0, 0.05) is 4.88 Å². The number of hydrogen-bond donors (Lipinski definition) is 1. The Hall–Kier alpha value is -0.640. The average molecular weight is 296 g/mol. The van der Waals surface area contributed by atoms with E-state index in [0.29, 0.717) is 0 Å². The van der Waals surface area contributed by atoms with E-state index >= 15 is 0 Å². The number of thiophene rings is 1. The second-order valence-corrected chi connectivity index (χ2v) is 6.47. The van der Waals surface area contributed by atoms with Crippen LogP contribution >= 0.6 is 27.3 Å². The van der Waals surface area contributed by atoms with Gasteiger partial charge < -0.3 is 5.73 Å². The zero-order valence-electron chi connectivity index (χ0n) is 9.33. The summed E-state index contributed by atoms with van der Waals surface area (Å²) < 4.78 is 1.13. The molecule has 0 spiro atoms. The minimum atomic E-state index is -0.0168. The van der Waals surface area contributed by atoms with Crippen molar-refractivity contribution in [2.45, 2.75) is 19.9 Å². The molecule has 16 heavy (non-hydrogen) atoms. The van der Waals surface area contributed by atoms with Crippen LogP contribution in [0, 0.1) is 13.8 Å². The topological polar surface area (TPSA) is 26.0 Å². The molecular formula is C13H14BrNS. The summed E-state index contributed by atoms with van der Waals surface area (Å²) in [6.07, 6.45) is 0. The first kappa shape index (κ1) is 11.8. The molecule has 0 aliphatic rings. The molecule has 2 aromatic rings. The van der Waals surface area contributed by atoms with Crippen molar-refractivity contribution >= 4 is 27.3 Å². The molecule has 0 aliphatic heterocycles. The SMILES string of the molecule is Cc1ccc(C(N)c2ccc(Br)s2)c(C)c1. The smallest absolute Gasteiger partial charge is 0.0702 e. The van der Waals surface area contributed by atoms with E-state index in [-0.39, 0.29) is 6.04 Å². The summed E-state index contributed by atoms with van der Waals surface area (Å²) in [6, 6.07) is 10.5. The Morgan fingerprint density at radius 3 is 2.50 bits per heavy atom. The van der Waals surface area contributed by atoms with Gasteiger partial charge in [-0.25, -0.2) is 0 Å². The molecule has 0 saturated heterocycles. The predicted molar refractivity (Wildman–Crippen MR) is 74.0 cm³/mol. The Kier molecular flexibility index (Phi) is 3.47. The summed E-state index contributed by atoms with van der Waals surface area (Å²) in [7, 11) is 0. The number of hydrogen-bond acceptors (Lipinski definition) is 2. The van der Waals surface area contributed by atoms with Crippen molar-refractivity contribution in [1.29, 1.82) is 0 Å². The second kappa shape index (κ2) is 4.70. The van der Waals surface area contributed by atoms with E-state index in [1.165, 1.54) is 21.6 Å². The summed E-state index contributed by atoms with van der Waals surface area (Å²) in [5.41, 5.74) is 10.0. The molecule has 0 radical (unpaired) electrons. The fraction of sp³-hybridized carbons (Fsp3) is 0.231. The Morgan fingerprint density at radius 1 is 1.19 bits per heavy atom. The third kappa shape index (κ3) is 2.37.